The van der Waals surface area contributed by atoms with Crippen LogP contribution in [0.15, 0.2) is 18.2 Å². The quantitative estimate of drug-likeness (QED) is 0.869. The summed E-state index contributed by atoms with van der Waals surface area (Å²) in [7, 11) is 0. The molecule has 1 saturated heterocycles. The summed E-state index contributed by atoms with van der Waals surface area (Å²) >= 11 is 0. The second kappa shape index (κ2) is 5.05. The number of carboxylic acid groups (broad SMARTS) is 1. The first-order chi connectivity index (χ1) is 8.61. The molecule has 1 aliphatic heterocycles. The van der Waals surface area contributed by atoms with Crippen molar-refractivity contribution in [2.24, 2.45) is 5.92 Å². The van der Waals surface area contributed by atoms with E-state index in [0.717, 1.165) is 13.0 Å². The second-order valence-corrected chi connectivity index (χ2v) is 4.40. The summed E-state index contributed by atoms with van der Waals surface area (Å²) in [5, 5.41) is 17.6. The Balaban J connectivity index is 2.19. The number of rotatable bonds is 2. The Morgan fingerprint density at radius 2 is 2.33 bits per heavy atom. The summed E-state index contributed by atoms with van der Waals surface area (Å²) in [6.45, 7) is 1.11. The van der Waals surface area contributed by atoms with E-state index in [0.29, 0.717) is 18.7 Å². The molecule has 0 spiro atoms. The lowest BCUT2D eigenvalue weighted by Crippen LogP contribution is -2.38. The number of hydrogen-bond acceptors (Lipinski definition) is 3. The van der Waals surface area contributed by atoms with Gasteiger partial charge in [0.1, 0.15) is 11.9 Å². The first-order valence-corrected chi connectivity index (χ1v) is 5.79. The number of halogens is 1. The van der Waals surface area contributed by atoms with Gasteiger partial charge in [0.05, 0.1) is 11.5 Å². The highest BCUT2D eigenvalue weighted by molar-refractivity contribution is 5.71. The second-order valence-electron chi connectivity index (χ2n) is 4.40. The van der Waals surface area contributed by atoms with Gasteiger partial charge in [-0.05, 0) is 31.0 Å². The molecule has 0 aromatic heterocycles. The molecule has 2 rings (SSSR count). The van der Waals surface area contributed by atoms with Crippen molar-refractivity contribution in [1.82, 2.24) is 0 Å². The van der Waals surface area contributed by atoms with Crippen molar-refractivity contribution in [3.8, 4) is 6.07 Å². The molecule has 4 nitrogen and oxygen atoms in total. The van der Waals surface area contributed by atoms with Gasteiger partial charge in [-0.15, -0.1) is 0 Å². The minimum absolute atomic E-state index is 0.00513. The van der Waals surface area contributed by atoms with Crippen LogP contribution in [0.2, 0.25) is 0 Å². The fraction of sp³-hybridized carbons (Fsp3) is 0.385. The van der Waals surface area contributed by atoms with Crippen LogP contribution in [0.3, 0.4) is 0 Å². The van der Waals surface area contributed by atoms with Crippen molar-refractivity contribution in [3.63, 3.8) is 0 Å². The summed E-state index contributed by atoms with van der Waals surface area (Å²) in [4.78, 5) is 12.8. The number of aliphatic carboxylic acids is 1. The molecule has 1 aromatic carbocycles. The van der Waals surface area contributed by atoms with Crippen molar-refractivity contribution >= 4 is 11.7 Å². The number of nitrogens with zero attached hydrogens (tertiary/aromatic N) is 2. The highest BCUT2D eigenvalue weighted by atomic mass is 19.1. The van der Waals surface area contributed by atoms with Gasteiger partial charge in [-0.2, -0.15) is 5.26 Å². The van der Waals surface area contributed by atoms with Gasteiger partial charge in [-0.3, -0.25) is 4.79 Å². The van der Waals surface area contributed by atoms with Crippen molar-refractivity contribution in [3.05, 3.63) is 29.6 Å². The molecule has 0 radical (unpaired) electrons. The lowest BCUT2D eigenvalue weighted by atomic mass is 9.97. The topological polar surface area (TPSA) is 64.3 Å². The molecule has 94 valence electrons. The van der Waals surface area contributed by atoms with E-state index in [1.165, 1.54) is 12.1 Å². The smallest absolute Gasteiger partial charge is 0.308 e. The van der Waals surface area contributed by atoms with Gasteiger partial charge in [0, 0.05) is 18.8 Å². The van der Waals surface area contributed by atoms with Crippen LogP contribution >= 0.6 is 0 Å². The van der Waals surface area contributed by atoms with Crippen LogP contribution in [-0.2, 0) is 4.79 Å². The lowest BCUT2D eigenvalue weighted by Gasteiger charge is -2.32. The number of nitriles is 1. The summed E-state index contributed by atoms with van der Waals surface area (Å²) in [5.74, 6) is -1.78. The van der Waals surface area contributed by atoms with E-state index >= 15 is 0 Å². The van der Waals surface area contributed by atoms with E-state index in [1.807, 2.05) is 4.90 Å². The van der Waals surface area contributed by atoms with Crippen molar-refractivity contribution < 1.29 is 14.3 Å². The molecule has 1 aromatic rings. The van der Waals surface area contributed by atoms with Crippen LogP contribution in [0.1, 0.15) is 18.4 Å². The van der Waals surface area contributed by atoms with Crippen molar-refractivity contribution in [2.45, 2.75) is 12.8 Å². The zero-order valence-corrected chi connectivity index (χ0v) is 9.77. The SMILES string of the molecule is N#Cc1ccc(N2CCCC(C(=O)O)C2)cc1F. The highest BCUT2D eigenvalue weighted by Crippen LogP contribution is 2.24. The van der Waals surface area contributed by atoms with E-state index in [4.69, 9.17) is 10.4 Å². The van der Waals surface area contributed by atoms with Crippen LogP contribution in [0.5, 0.6) is 0 Å². The zero-order chi connectivity index (χ0) is 13.1. The van der Waals surface area contributed by atoms with Crippen LogP contribution in [0.25, 0.3) is 0 Å². The average Bonchev–Trinajstić information content (AvgIpc) is 2.38. The number of carbonyl (C=O) groups is 1. The number of piperidine rings is 1. The molecule has 1 unspecified atom stereocenters. The molecule has 18 heavy (non-hydrogen) atoms. The number of hydrogen-bond donors (Lipinski definition) is 1. The van der Waals surface area contributed by atoms with Crippen molar-refractivity contribution in [2.75, 3.05) is 18.0 Å². The summed E-state index contributed by atoms with van der Waals surface area (Å²) < 4.78 is 13.5. The molecule has 0 saturated carbocycles. The van der Waals surface area contributed by atoms with Gasteiger partial charge in [0.2, 0.25) is 0 Å². The number of benzene rings is 1. The molecule has 1 aliphatic rings. The van der Waals surface area contributed by atoms with Gasteiger partial charge >= 0.3 is 5.97 Å². The minimum Gasteiger partial charge on any atom is -0.481 e. The Labute approximate surface area is 104 Å². The average molecular weight is 248 g/mol. The molecule has 1 heterocycles. The molecule has 1 N–H and O–H groups in total. The van der Waals surface area contributed by atoms with Crippen LogP contribution in [-0.4, -0.2) is 24.2 Å². The molecule has 5 heteroatoms. The Bertz CT molecular complexity index is 510. The summed E-state index contributed by atoms with van der Waals surface area (Å²) in [6, 6.07) is 6.14. The van der Waals surface area contributed by atoms with Gasteiger partial charge in [-0.25, -0.2) is 4.39 Å². The third kappa shape index (κ3) is 2.43. The minimum atomic E-state index is -0.811. The Morgan fingerprint density at radius 3 is 2.94 bits per heavy atom. The van der Waals surface area contributed by atoms with Gasteiger partial charge in [-0.1, -0.05) is 0 Å². The maximum absolute atomic E-state index is 13.5. The van der Waals surface area contributed by atoms with Gasteiger partial charge in [0.25, 0.3) is 0 Å². The number of anilines is 1. The fourth-order valence-corrected chi connectivity index (χ4v) is 2.20. The number of carboxylic acids is 1. The molecule has 0 aliphatic carbocycles. The lowest BCUT2D eigenvalue weighted by molar-refractivity contribution is -0.141. The molecular weight excluding hydrogens is 235 g/mol. The third-order valence-electron chi connectivity index (χ3n) is 3.21. The standard InChI is InChI=1S/C13H13FN2O2/c14-12-6-11(4-3-9(12)7-15)16-5-1-2-10(8-16)13(17)18/h3-4,6,10H,1-2,5,8H2,(H,17,18). The first kappa shape index (κ1) is 12.4. The predicted molar refractivity (Wildman–Crippen MR) is 63.7 cm³/mol. The normalized spacial score (nSPS) is 19.3. The van der Waals surface area contributed by atoms with Gasteiger partial charge in [0.15, 0.2) is 0 Å². The summed E-state index contributed by atoms with van der Waals surface area (Å²) in [6.07, 6.45) is 1.43. The Hall–Kier alpha value is -2.09. The molecule has 1 fully saturated rings. The van der Waals surface area contributed by atoms with Crippen LogP contribution in [0, 0.1) is 23.1 Å². The first-order valence-electron chi connectivity index (χ1n) is 5.79. The summed E-state index contributed by atoms with van der Waals surface area (Å²) in [5.41, 5.74) is 0.642. The molecule has 0 amide bonds. The Kier molecular flexibility index (Phi) is 3.47. The zero-order valence-electron chi connectivity index (χ0n) is 9.77. The Morgan fingerprint density at radius 1 is 1.56 bits per heavy atom. The largest absolute Gasteiger partial charge is 0.481 e. The molecular formula is C13H13FN2O2. The van der Waals surface area contributed by atoms with Crippen molar-refractivity contribution in [1.29, 1.82) is 5.26 Å². The monoisotopic (exact) mass is 248 g/mol. The fourth-order valence-electron chi connectivity index (χ4n) is 2.20. The van der Waals surface area contributed by atoms with E-state index in [1.54, 1.807) is 12.1 Å². The maximum Gasteiger partial charge on any atom is 0.308 e. The maximum atomic E-state index is 13.5. The van der Waals surface area contributed by atoms with E-state index < -0.39 is 17.7 Å². The highest BCUT2D eigenvalue weighted by Gasteiger charge is 2.25. The molecule has 0 bridgehead atoms. The third-order valence-corrected chi connectivity index (χ3v) is 3.21. The predicted octanol–water partition coefficient (Wildman–Crippen LogP) is 2.00. The van der Waals surface area contributed by atoms with E-state index in [-0.39, 0.29) is 5.56 Å². The van der Waals surface area contributed by atoms with Gasteiger partial charge < -0.3 is 10.0 Å². The van der Waals surface area contributed by atoms with E-state index in [9.17, 15) is 9.18 Å². The molecule has 1 atom stereocenters. The van der Waals surface area contributed by atoms with Crippen LogP contribution in [0.4, 0.5) is 10.1 Å². The van der Waals surface area contributed by atoms with E-state index in [2.05, 4.69) is 0 Å². The van der Waals surface area contributed by atoms with Crippen LogP contribution < -0.4 is 4.90 Å².